The van der Waals surface area contributed by atoms with E-state index < -0.39 is 0 Å². The van der Waals surface area contributed by atoms with Crippen molar-refractivity contribution in [2.24, 2.45) is 7.05 Å². The summed E-state index contributed by atoms with van der Waals surface area (Å²) in [5.74, 6) is 0.726. The van der Waals surface area contributed by atoms with Crippen molar-refractivity contribution in [3.8, 4) is 5.75 Å². The molecule has 2 aromatic carbocycles. The third kappa shape index (κ3) is 4.17. The molecule has 25 heavy (non-hydrogen) atoms. The highest BCUT2D eigenvalue weighted by molar-refractivity contribution is 9.10. The molecule has 4 nitrogen and oxygen atoms in total. The van der Waals surface area contributed by atoms with Gasteiger partial charge in [0.2, 0.25) is 0 Å². The minimum absolute atomic E-state index is 0.0360. The van der Waals surface area contributed by atoms with Crippen molar-refractivity contribution in [1.29, 1.82) is 0 Å². The van der Waals surface area contributed by atoms with Gasteiger partial charge in [0.05, 0.1) is 22.3 Å². The first-order chi connectivity index (χ1) is 12.0. The van der Waals surface area contributed by atoms with Gasteiger partial charge in [-0.3, -0.25) is 9.48 Å². The van der Waals surface area contributed by atoms with Gasteiger partial charge in [-0.05, 0) is 40.5 Å². The number of hydrogen-bond donors (Lipinski definition) is 0. The van der Waals surface area contributed by atoms with Crippen molar-refractivity contribution in [3.63, 3.8) is 0 Å². The minimum atomic E-state index is 0.0360. The maximum absolute atomic E-state index is 12.6. The standard InChI is InChI=1S/C20H19BrN2O2/c1-14-20(21)18(23(2)22-14)12-19(24)16-9-6-10-17(11-16)25-13-15-7-4-3-5-8-15/h3-11H,12-13H2,1-2H3. The number of benzene rings is 2. The molecule has 0 spiro atoms. The molecule has 0 radical (unpaired) electrons. The molecule has 0 aliphatic carbocycles. The lowest BCUT2D eigenvalue weighted by atomic mass is 10.1. The summed E-state index contributed by atoms with van der Waals surface area (Å²) in [5, 5.41) is 4.33. The lowest BCUT2D eigenvalue weighted by Gasteiger charge is -2.08. The molecule has 1 heterocycles. The first-order valence-corrected chi connectivity index (χ1v) is 8.82. The number of halogens is 1. The maximum atomic E-state index is 12.6. The van der Waals surface area contributed by atoms with E-state index in [0.29, 0.717) is 24.3 Å². The molecule has 0 N–H and O–H groups in total. The van der Waals surface area contributed by atoms with Gasteiger partial charge in [0, 0.05) is 12.6 Å². The van der Waals surface area contributed by atoms with Crippen LogP contribution in [-0.2, 0) is 20.1 Å². The average molecular weight is 399 g/mol. The molecule has 128 valence electrons. The highest BCUT2D eigenvalue weighted by atomic mass is 79.9. The summed E-state index contributed by atoms with van der Waals surface area (Å²) in [5.41, 5.74) is 3.48. The average Bonchev–Trinajstić information content (AvgIpc) is 2.87. The van der Waals surface area contributed by atoms with E-state index in [-0.39, 0.29) is 5.78 Å². The Morgan fingerprint density at radius 1 is 1.16 bits per heavy atom. The molecule has 0 saturated heterocycles. The number of ether oxygens (including phenoxy) is 1. The van der Waals surface area contributed by atoms with Gasteiger partial charge in [-0.15, -0.1) is 0 Å². The van der Waals surface area contributed by atoms with E-state index in [1.807, 2.05) is 62.5 Å². The number of carbonyl (C=O) groups excluding carboxylic acids is 1. The van der Waals surface area contributed by atoms with E-state index in [0.717, 1.165) is 21.4 Å². The van der Waals surface area contributed by atoms with Crippen molar-refractivity contribution >= 4 is 21.7 Å². The number of aryl methyl sites for hydroxylation is 2. The van der Waals surface area contributed by atoms with Crippen molar-refractivity contribution in [2.45, 2.75) is 20.0 Å². The van der Waals surface area contributed by atoms with Gasteiger partial charge in [-0.2, -0.15) is 5.10 Å². The van der Waals surface area contributed by atoms with Crippen molar-refractivity contribution < 1.29 is 9.53 Å². The van der Waals surface area contributed by atoms with Crippen LogP contribution in [0.3, 0.4) is 0 Å². The fourth-order valence-corrected chi connectivity index (χ4v) is 3.10. The molecule has 0 saturated carbocycles. The highest BCUT2D eigenvalue weighted by Gasteiger charge is 2.16. The number of hydrogen-bond acceptors (Lipinski definition) is 3. The first kappa shape index (κ1) is 17.4. The molecule has 0 unspecified atom stereocenters. The van der Waals surface area contributed by atoms with Crippen LogP contribution in [0.25, 0.3) is 0 Å². The smallest absolute Gasteiger partial charge is 0.168 e. The number of carbonyl (C=O) groups is 1. The van der Waals surface area contributed by atoms with E-state index in [1.54, 1.807) is 10.7 Å². The SMILES string of the molecule is Cc1nn(C)c(CC(=O)c2cccc(OCc3ccccc3)c2)c1Br. The Kier molecular flexibility index (Phi) is 5.34. The molecule has 1 aromatic heterocycles. The summed E-state index contributed by atoms with van der Waals surface area (Å²) in [6, 6.07) is 17.3. The first-order valence-electron chi connectivity index (χ1n) is 8.02. The molecule has 0 fully saturated rings. The second-order valence-electron chi connectivity index (χ2n) is 5.87. The predicted octanol–water partition coefficient (Wildman–Crippen LogP) is 4.50. The summed E-state index contributed by atoms with van der Waals surface area (Å²) in [7, 11) is 1.85. The van der Waals surface area contributed by atoms with Crippen LogP contribution in [0.5, 0.6) is 5.75 Å². The molecule has 5 heteroatoms. The summed E-state index contributed by atoms with van der Waals surface area (Å²) < 4.78 is 8.44. The summed E-state index contributed by atoms with van der Waals surface area (Å²) in [4.78, 5) is 12.6. The van der Waals surface area contributed by atoms with Crippen LogP contribution >= 0.6 is 15.9 Å². The largest absolute Gasteiger partial charge is 0.489 e. The van der Waals surface area contributed by atoms with Gasteiger partial charge in [0.1, 0.15) is 12.4 Å². The Bertz CT molecular complexity index is 888. The number of Topliss-reactive ketones (excluding diaryl/α,β-unsaturated/α-hetero) is 1. The predicted molar refractivity (Wildman–Crippen MR) is 101 cm³/mol. The van der Waals surface area contributed by atoms with Gasteiger partial charge in [0.15, 0.2) is 5.78 Å². The minimum Gasteiger partial charge on any atom is -0.489 e. The zero-order valence-electron chi connectivity index (χ0n) is 14.2. The van der Waals surface area contributed by atoms with Crippen molar-refractivity contribution in [1.82, 2.24) is 9.78 Å². The lowest BCUT2D eigenvalue weighted by Crippen LogP contribution is -2.08. The Hall–Kier alpha value is -2.40. The van der Waals surface area contributed by atoms with E-state index in [2.05, 4.69) is 21.0 Å². The lowest BCUT2D eigenvalue weighted by molar-refractivity contribution is 0.0990. The van der Waals surface area contributed by atoms with Gasteiger partial charge < -0.3 is 4.74 Å². The van der Waals surface area contributed by atoms with E-state index >= 15 is 0 Å². The second kappa shape index (κ2) is 7.66. The van der Waals surface area contributed by atoms with Gasteiger partial charge >= 0.3 is 0 Å². The van der Waals surface area contributed by atoms with E-state index in [1.165, 1.54) is 0 Å². The Morgan fingerprint density at radius 2 is 1.92 bits per heavy atom. The van der Waals surface area contributed by atoms with Gasteiger partial charge in [0.25, 0.3) is 0 Å². The zero-order chi connectivity index (χ0) is 17.8. The quantitative estimate of drug-likeness (QED) is 0.574. The third-order valence-corrected chi connectivity index (χ3v) is 5.03. The Morgan fingerprint density at radius 3 is 2.60 bits per heavy atom. The Labute approximate surface area is 155 Å². The molecule has 3 aromatic rings. The van der Waals surface area contributed by atoms with E-state index in [4.69, 9.17) is 4.74 Å². The van der Waals surface area contributed by atoms with Crippen molar-refractivity contribution in [3.05, 3.63) is 81.6 Å². The van der Waals surface area contributed by atoms with Crippen LogP contribution in [0.15, 0.2) is 59.1 Å². The third-order valence-electron chi connectivity index (χ3n) is 3.99. The summed E-state index contributed by atoms with van der Waals surface area (Å²) in [6.07, 6.45) is 0.292. The molecular formula is C20H19BrN2O2. The van der Waals surface area contributed by atoms with Crippen LogP contribution in [0.1, 0.15) is 27.3 Å². The van der Waals surface area contributed by atoms with Gasteiger partial charge in [-0.25, -0.2) is 0 Å². The second-order valence-corrected chi connectivity index (χ2v) is 6.66. The van der Waals surface area contributed by atoms with E-state index in [9.17, 15) is 4.79 Å². The monoisotopic (exact) mass is 398 g/mol. The number of rotatable bonds is 6. The molecule has 0 aliphatic heterocycles. The number of aromatic nitrogens is 2. The van der Waals surface area contributed by atoms with Crippen LogP contribution in [0, 0.1) is 6.92 Å². The molecule has 0 bridgehead atoms. The van der Waals surface area contributed by atoms with Gasteiger partial charge in [-0.1, -0.05) is 42.5 Å². The topological polar surface area (TPSA) is 44.1 Å². The molecular weight excluding hydrogens is 380 g/mol. The fraction of sp³-hybridized carbons (Fsp3) is 0.200. The Balaban J connectivity index is 1.71. The summed E-state index contributed by atoms with van der Waals surface area (Å²) in [6.45, 7) is 2.39. The van der Waals surface area contributed by atoms with Crippen LogP contribution in [0.4, 0.5) is 0 Å². The number of nitrogens with zero attached hydrogens (tertiary/aromatic N) is 2. The highest BCUT2D eigenvalue weighted by Crippen LogP contribution is 2.23. The molecule has 3 rings (SSSR count). The molecule has 0 aliphatic rings. The molecule has 0 amide bonds. The van der Waals surface area contributed by atoms with Crippen LogP contribution in [-0.4, -0.2) is 15.6 Å². The summed E-state index contributed by atoms with van der Waals surface area (Å²) >= 11 is 3.51. The fourth-order valence-electron chi connectivity index (χ4n) is 2.63. The maximum Gasteiger partial charge on any atom is 0.168 e. The van der Waals surface area contributed by atoms with Crippen LogP contribution in [0.2, 0.25) is 0 Å². The number of ketones is 1. The normalized spacial score (nSPS) is 10.7. The molecule has 0 atom stereocenters. The van der Waals surface area contributed by atoms with Crippen molar-refractivity contribution in [2.75, 3.05) is 0 Å². The van der Waals surface area contributed by atoms with Crippen LogP contribution < -0.4 is 4.74 Å². The zero-order valence-corrected chi connectivity index (χ0v) is 15.8.